The first kappa shape index (κ1) is 70.4. The Hall–Kier alpha value is -13.3. The Balaban J connectivity index is 0.621. The first-order chi connectivity index (χ1) is 56.8. The number of benzene rings is 17. The fourth-order valence-electron chi connectivity index (χ4n) is 22.0. The molecular formula is C117H90. The van der Waals surface area contributed by atoms with E-state index in [0.717, 1.165) is 0 Å². The maximum atomic E-state index is 2.54. The van der Waals surface area contributed by atoms with Crippen LogP contribution in [-0.2, 0) is 27.1 Å². The molecule has 4 unspecified atom stereocenters. The van der Waals surface area contributed by atoms with Crippen LogP contribution in [0.4, 0.5) is 0 Å². The minimum atomic E-state index is -0.479. The van der Waals surface area contributed by atoms with E-state index < -0.39 is 16.2 Å². The van der Waals surface area contributed by atoms with Crippen LogP contribution >= 0.6 is 0 Å². The second kappa shape index (κ2) is 25.9. The highest BCUT2D eigenvalue weighted by molar-refractivity contribution is 5.96. The molecular weight excluding hydrogens is 1410 g/mol. The molecule has 0 bridgehead atoms. The zero-order chi connectivity index (χ0) is 79.2. The molecule has 117 heavy (non-hydrogen) atoms. The van der Waals surface area contributed by atoms with Gasteiger partial charge in [0.05, 0.1) is 0 Å². The Morgan fingerprint density at radius 3 is 0.419 bits per heavy atom. The van der Waals surface area contributed by atoms with Gasteiger partial charge >= 0.3 is 0 Å². The van der Waals surface area contributed by atoms with Gasteiger partial charge in [-0.25, -0.2) is 0 Å². The van der Waals surface area contributed by atoms with Crippen LogP contribution in [0.15, 0.2) is 364 Å². The van der Waals surface area contributed by atoms with Crippen molar-refractivity contribution in [2.45, 2.75) is 96.3 Å². The second-order valence-electron chi connectivity index (χ2n) is 35.3. The Bertz CT molecular complexity index is 6680. The lowest BCUT2D eigenvalue weighted by molar-refractivity contribution is 0.711. The van der Waals surface area contributed by atoms with Crippen LogP contribution < -0.4 is 0 Å². The third-order valence-corrected chi connectivity index (χ3v) is 28.6. The predicted octanol–water partition coefficient (Wildman–Crippen LogP) is 29.9. The van der Waals surface area contributed by atoms with E-state index in [1.807, 2.05) is 0 Å². The van der Waals surface area contributed by atoms with E-state index in [0.29, 0.717) is 0 Å². The van der Waals surface area contributed by atoms with Crippen LogP contribution in [0.5, 0.6) is 0 Å². The summed E-state index contributed by atoms with van der Waals surface area (Å²) < 4.78 is 0. The van der Waals surface area contributed by atoms with Crippen molar-refractivity contribution in [2.24, 2.45) is 0 Å². The van der Waals surface area contributed by atoms with Crippen LogP contribution in [0.1, 0.15) is 146 Å². The van der Waals surface area contributed by atoms with Crippen molar-refractivity contribution in [2.75, 3.05) is 0 Å². The molecule has 0 aromatic heterocycles. The summed E-state index contributed by atoms with van der Waals surface area (Å²) in [6, 6.07) is 141. The molecule has 0 spiro atoms. The summed E-state index contributed by atoms with van der Waals surface area (Å²) in [4.78, 5) is 0. The standard InChI is InChI=1S/C117H90/c1-71-22-17-31-88(56-71)113(6)103-61-78(76-27-13-11-14-28-76)36-46-93(103)95-48-38-80(63-105(95)113)82-40-50-97-99-52-42-84(67-109(99)115(8,107(97)65-82)90-33-19-24-73(3)58-90)86-44-54-101-102-55-45-87(70-112(102)117(10,111(101)69-86)92-35-21-26-75(5)60-92)85-43-53-100-98-51-41-83(66-108(98)116(9,110(100)68-85)91-34-20-25-74(4)59-91)81-39-49-96-94-47-37-79(77-29-15-12-16-30-77)62-104(94)114(7,106(96)64-81)89-32-18-23-72(2)57-89/h11-70H,1-10H3. The van der Waals surface area contributed by atoms with Crippen LogP contribution in [0, 0.1) is 34.6 Å². The van der Waals surface area contributed by atoms with Crippen molar-refractivity contribution in [3.05, 3.63) is 475 Å². The minimum Gasteiger partial charge on any atom is -0.0622 e. The summed E-state index contributed by atoms with van der Waals surface area (Å²) in [6.45, 7) is 23.5. The molecule has 0 saturated carbocycles. The molecule has 0 saturated heterocycles. The van der Waals surface area contributed by atoms with E-state index in [1.165, 1.54) is 234 Å². The molecule has 0 N–H and O–H groups in total. The Morgan fingerprint density at radius 1 is 0.128 bits per heavy atom. The summed E-state index contributed by atoms with van der Waals surface area (Å²) in [5, 5.41) is 0. The van der Waals surface area contributed by atoms with Gasteiger partial charge in [-0.3, -0.25) is 0 Å². The summed E-state index contributed by atoms with van der Waals surface area (Å²) >= 11 is 0. The minimum absolute atomic E-state index is 0.378. The van der Waals surface area contributed by atoms with Gasteiger partial charge in [0, 0.05) is 27.1 Å². The van der Waals surface area contributed by atoms with Crippen molar-refractivity contribution in [3.63, 3.8) is 0 Å². The normalized spacial score (nSPS) is 19.0. The van der Waals surface area contributed by atoms with Crippen LogP contribution in [0.2, 0.25) is 0 Å². The lowest BCUT2D eigenvalue weighted by Gasteiger charge is -2.30. The molecule has 558 valence electrons. The molecule has 4 atom stereocenters. The number of hydrogen-bond acceptors (Lipinski definition) is 0. The number of hydrogen-bond donors (Lipinski definition) is 0. The SMILES string of the molecule is Cc1cccc(C2(C)c3cc(-c4ccccc4)ccc3-c3ccc(-c4ccc5c(c4)C(C)(c4cccc(C)c4)c4cc(-c6ccc7c(c6)C(C)(c6cccc(C)c6)c6cc(-c8ccc9c(c8)C(C)(c8cccc(C)c8)c8cc(-c%10ccc%11c(c%10)C(C)(c%10cccc(C)c%10)c%10cc(-c%12ccccc%12)ccc%10-%11)ccc8-9)ccc6-7)ccc4-5)cc32)c1. The molecule has 0 heteroatoms. The molecule has 5 aliphatic carbocycles. The highest BCUT2D eigenvalue weighted by Crippen LogP contribution is 2.62. The zero-order valence-corrected chi connectivity index (χ0v) is 68.1. The fraction of sp³-hybridized carbons (Fsp3) is 0.128. The highest BCUT2D eigenvalue weighted by atomic mass is 14.5. The predicted molar refractivity (Wildman–Crippen MR) is 490 cm³/mol. The maximum absolute atomic E-state index is 2.54. The van der Waals surface area contributed by atoms with Gasteiger partial charge in [-0.1, -0.05) is 331 Å². The fourth-order valence-corrected chi connectivity index (χ4v) is 22.0. The molecule has 0 aliphatic heterocycles. The summed E-state index contributed by atoms with van der Waals surface area (Å²) in [5.74, 6) is 0. The Kier molecular flexibility index (Phi) is 15.6. The summed E-state index contributed by atoms with van der Waals surface area (Å²) in [5.41, 5.74) is 51.8. The van der Waals surface area contributed by atoms with Crippen molar-refractivity contribution in [3.8, 4) is 122 Å². The molecule has 0 nitrogen and oxygen atoms in total. The number of fused-ring (bicyclic) bond motifs is 15. The monoisotopic (exact) mass is 1490 g/mol. The van der Waals surface area contributed by atoms with E-state index >= 15 is 0 Å². The third kappa shape index (κ3) is 10.4. The molecule has 5 aliphatic rings. The van der Waals surface area contributed by atoms with Gasteiger partial charge in [0.25, 0.3) is 0 Å². The lowest BCUT2D eigenvalue weighted by atomic mass is 9.72. The molecule has 22 rings (SSSR count). The maximum Gasteiger partial charge on any atom is 0.0436 e. The van der Waals surface area contributed by atoms with Crippen molar-refractivity contribution in [1.29, 1.82) is 0 Å². The van der Waals surface area contributed by atoms with E-state index in [2.05, 4.69) is 433 Å². The van der Waals surface area contributed by atoms with Crippen molar-refractivity contribution >= 4 is 0 Å². The molecule has 17 aromatic carbocycles. The van der Waals surface area contributed by atoms with Crippen molar-refractivity contribution in [1.82, 2.24) is 0 Å². The van der Waals surface area contributed by atoms with Gasteiger partial charge in [0.1, 0.15) is 0 Å². The summed E-state index contributed by atoms with van der Waals surface area (Å²) in [7, 11) is 0. The summed E-state index contributed by atoms with van der Waals surface area (Å²) in [6.07, 6.45) is 0. The average Bonchev–Trinajstić information content (AvgIpc) is 1.54. The first-order valence-corrected chi connectivity index (χ1v) is 41.8. The molecule has 0 fully saturated rings. The molecule has 0 heterocycles. The Labute approximate surface area is 689 Å². The van der Waals surface area contributed by atoms with Crippen molar-refractivity contribution < 1.29 is 0 Å². The first-order valence-electron chi connectivity index (χ1n) is 41.8. The van der Waals surface area contributed by atoms with Crippen LogP contribution in [-0.4, -0.2) is 0 Å². The topological polar surface area (TPSA) is 0 Å². The molecule has 0 radical (unpaired) electrons. The van der Waals surface area contributed by atoms with Crippen LogP contribution in [0.3, 0.4) is 0 Å². The largest absolute Gasteiger partial charge is 0.0622 e. The molecule has 17 aromatic rings. The lowest BCUT2D eigenvalue weighted by Crippen LogP contribution is -2.23. The molecule has 0 amide bonds. The van der Waals surface area contributed by atoms with Gasteiger partial charge in [0.15, 0.2) is 0 Å². The smallest absolute Gasteiger partial charge is 0.0436 e. The third-order valence-electron chi connectivity index (χ3n) is 28.6. The number of rotatable bonds is 11. The average molecular weight is 1500 g/mol. The van der Waals surface area contributed by atoms with Gasteiger partial charge in [0.2, 0.25) is 0 Å². The number of aryl methyl sites for hydroxylation is 5. The second-order valence-corrected chi connectivity index (χ2v) is 35.3. The Morgan fingerprint density at radius 2 is 0.274 bits per heavy atom. The van der Waals surface area contributed by atoms with Gasteiger partial charge in [-0.05, 0) is 336 Å². The zero-order valence-electron chi connectivity index (χ0n) is 68.1. The highest BCUT2D eigenvalue weighted by Gasteiger charge is 2.48. The van der Waals surface area contributed by atoms with Crippen LogP contribution in [0.25, 0.3) is 122 Å². The van der Waals surface area contributed by atoms with E-state index in [-0.39, 0.29) is 10.8 Å². The van der Waals surface area contributed by atoms with Gasteiger partial charge in [-0.2, -0.15) is 0 Å². The van der Waals surface area contributed by atoms with E-state index in [9.17, 15) is 0 Å². The quantitative estimate of drug-likeness (QED) is 0.121. The van der Waals surface area contributed by atoms with Gasteiger partial charge < -0.3 is 0 Å². The van der Waals surface area contributed by atoms with Gasteiger partial charge in [-0.15, -0.1) is 0 Å². The van der Waals surface area contributed by atoms with E-state index in [1.54, 1.807) is 0 Å². The van der Waals surface area contributed by atoms with E-state index in [4.69, 9.17) is 0 Å².